The molecule has 0 saturated carbocycles. The van der Waals surface area contributed by atoms with Crippen LogP contribution in [0.5, 0.6) is 5.75 Å². The summed E-state index contributed by atoms with van der Waals surface area (Å²) in [6.07, 6.45) is 0. The second kappa shape index (κ2) is 6.12. The van der Waals surface area contributed by atoms with E-state index in [0.717, 1.165) is 31.1 Å². The van der Waals surface area contributed by atoms with Gasteiger partial charge in [-0.15, -0.1) is 0 Å². The molecule has 2 unspecified atom stereocenters. The minimum Gasteiger partial charge on any atom is -0.496 e. The van der Waals surface area contributed by atoms with E-state index in [2.05, 4.69) is 31.7 Å². The summed E-state index contributed by atoms with van der Waals surface area (Å²) >= 11 is 0. The van der Waals surface area contributed by atoms with Gasteiger partial charge in [0.25, 0.3) is 0 Å². The van der Waals surface area contributed by atoms with Crippen LogP contribution in [0.4, 0.5) is 0 Å². The van der Waals surface area contributed by atoms with E-state index in [9.17, 15) is 0 Å². The summed E-state index contributed by atoms with van der Waals surface area (Å²) < 4.78 is 11.1. The van der Waals surface area contributed by atoms with Crippen LogP contribution in [-0.4, -0.2) is 43.3 Å². The van der Waals surface area contributed by atoms with Crippen LogP contribution in [-0.2, 0) is 4.74 Å². The second-order valence-electron chi connectivity index (χ2n) is 6.10. The maximum Gasteiger partial charge on any atom is 0.123 e. The minimum atomic E-state index is -0.0304. The summed E-state index contributed by atoms with van der Waals surface area (Å²) in [7, 11) is 1.71. The summed E-state index contributed by atoms with van der Waals surface area (Å²) in [5.74, 6) is 0.900. The van der Waals surface area contributed by atoms with Crippen molar-refractivity contribution in [3.05, 3.63) is 29.8 Å². The van der Waals surface area contributed by atoms with Crippen molar-refractivity contribution in [2.75, 3.05) is 26.9 Å². The van der Waals surface area contributed by atoms with Gasteiger partial charge in [0.05, 0.1) is 26.4 Å². The molecule has 2 N–H and O–H groups in total. The van der Waals surface area contributed by atoms with Gasteiger partial charge < -0.3 is 15.2 Å². The van der Waals surface area contributed by atoms with Crippen molar-refractivity contribution < 1.29 is 9.47 Å². The van der Waals surface area contributed by atoms with Crippen LogP contribution in [0.2, 0.25) is 0 Å². The Hall–Kier alpha value is -1.10. The number of hydrogen-bond donors (Lipinski definition) is 1. The first-order valence-corrected chi connectivity index (χ1v) is 7.20. The predicted molar refractivity (Wildman–Crippen MR) is 81.0 cm³/mol. The first-order valence-electron chi connectivity index (χ1n) is 7.20. The number of rotatable bonds is 4. The van der Waals surface area contributed by atoms with Crippen LogP contribution in [0.3, 0.4) is 0 Å². The number of nitrogens with zero attached hydrogens (tertiary/aromatic N) is 1. The van der Waals surface area contributed by atoms with Crippen LogP contribution in [0.15, 0.2) is 24.3 Å². The molecule has 1 saturated heterocycles. The molecule has 2 rings (SSSR count). The number of ether oxygens (including phenoxy) is 2. The van der Waals surface area contributed by atoms with Gasteiger partial charge >= 0.3 is 0 Å². The Morgan fingerprint density at radius 1 is 1.35 bits per heavy atom. The van der Waals surface area contributed by atoms with E-state index in [1.807, 2.05) is 18.2 Å². The van der Waals surface area contributed by atoms with Crippen molar-refractivity contribution in [1.82, 2.24) is 4.90 Å². The molecule has 1 aromatic carbocycles. The molecule has 4 heteroatoms. The highest BCUT2D eigenvalue weighted by Crippen LogP contribution is 2.36. The number of benzene rings is 1. The molecule has 1 aliphatic rings. The zero-order valence-corrected chi connectivity index (χ0v) is 12.9. The maximum absolute atomic E-state index is 6.31. The molecule has 20 heavy (non-hydrogen) atoms. The predicted octanol–water partition coefficient (Wildman–Crippen LogP) is 2.19. The molecule has 0 amide bonds. The van der Waals surface area contributed by atoms with Gasteiger partial charge in [-0.1, -0.05) is 18.2 Å². The van der Waals surface area contributed by atoms with Gasteiger partial charge in [-0.3, -0.25) is 4.90 Å². The minimum absolute atomic E-state index is 0.0173. The first kappa shape index (κ1) is 15.3. The summed E-state index contributed by atoms with van der Waals surface area (Å²) in [5, 5.41) is 0. The Morgan fingerprint density at radius 2 is 2.05 bits per heavy atom. The Labute approximate surface area is 121 Å². The van der Waals surface area contributed by atoms with E-state index in [1.165, 1.54) is 0 Å². The molecule has 0 bridgehead atoms. The lowest BCUT2D eigenvalue weighted by Crippen LogP contribution is -2.57. The molecule has 1 aromatic rings. The molecule has 1 aliphatic heterocycles. The Bertz CT molecular complexity index is 446. The summed E-state index contributed by atoms with van der Waals surface area (Å²) in [5.41, 5.74) is 7.43. The van der Waals surface area contributed by atoms with E-state index in [0.29, 0.717) is 0 Å². The van der Waals surface area contributed by atoms with E-state index in [1.54, 1.807) is 7.11 Å². The number of methoxy groups -OCH3 is 1. The number of nitrogens with two attached hydrogens (primary N) is 1. The van der Waals surface area contributed by atoms with E-state index < -0.39 is 0 Å². The summed E-state index contributed by atoms with van der Waals surface area (Å²) in [6.45, 7) is 8.83. The third-order valence-corrected chi connectivity index (χ3v) is 4.00. The molecule has 4 nitrogen and oxygen atoms in total. The molecule has 0 spiro atoms. The lowest BCUT2D eigenvalue weighted by Gasteiger charge is -2.48. The number of morpholine rings is 1. The Morgan fingerprint density at radius 3 is 2.65 bits per heavy atom. The van der Waals surface area contributed by atoms with Crippen molar-refractivity contribution in [2.45, 2.75) is 38.4 Å². The lowest BCUT2D eigenvalue weighted by molar-refractivity contribution is -0.0769. The average Bonchev–Trinajstić information content (AvgIpc) is 2.41. The molecule has 2 atom stereocenters. The van der Waals surface area contributed by atoms with Gasteiger partial charge in [0.15, 0.2) is 0 Å². The fourth-order valence-electron chi connectivity index (χ4n) is 3.03. The van der Waals surface area contributed by atoms with Crippen molar-refractivity contribution in [3.63, 3.8) is 0 Å². The van der Waals surface area contributed by atoms with Crippen LogP contribution < -0.4 is 10.5 Å². The highest BCUT2D eigenvalue weighted by atomic mass is 16.5. The Kier molecular flexibility index (Phi) is 4.68. The average molecular weight is 278 g/mol. The highest BCUT2D eigenvalue weighted by Gasteiger charge is 2.38. The van der Waals surface area contributed by atoms with Crippen LogP contribution in [0.25, 0.3) is 0 Å². The molecule has 0 radical (unpaired) electrons. The first-order chi connectivity index (χ1) is 9.47. The van der Waals surface area contributed by atoms with Gasteiger partial charge in [0.1, 0.15) is 5.75 Å². The molecular formula is C16H26N2O2. The van der Waals surface area contributed by atoms with Gasteiger partial charge in [-0.05, 0) is 26.8 Å². The van der Waals surface area contributed by atoms with E-state index in [4.69, 9.17) is 15.2 Å². The molecule has 0 aliphatic carbocycles. The molecule has 112 valence electrons. The molecule has 1 fully saturated rings. The van der Waals surface area contributed by atoms with Crippen molar-refractivity contribution >= 4 is 0 Å². The molecular weight excluding hydrogens is 252 g/mol. The van der Waals surface area contributed by atoms with Crippen LogP contribution in [0.1, 0.15) is 32.4 Å². The topological polar surface area (TPSA) is 47.7 Å². The van der Waals surface area contributed by atoms with Gasteiger partial charge in [0, 0.05) is 23.7 Å². The second-order valence-corrected chi connectivity index (χ2v) is 6.10. The van der Waals surface area contributed by atoms with Crippen LogP contribution >= 0.6 is 0 Å². The molecule has 0 aromatic heterocycles. The zero-order valence-electron chi connectivity index (χ0n) is 12.9. The molecule has 1 heterocycles. The smallest absolute Gasteiger partial charge is 0.123 e. The fraction of sp³-hybridized carbons (Fsp3) is 0.625. The van der Waals surface area contributed by atoms with Crippen molar-refractivity contribution in [3.8, 4) is 5.75 Å². The summed E-state index contributed by atoms with van der Waals surface area (Å²) in [4.78, 5) is 2.44. The van der Waals surface area contributed by atoms with Crippen LogP contribution in [0, 0.1) is 0 Å². The number of para-hydroxylation sites is 1. The SMILES string of the molecule is COc1ccccc1C(C(C)N)N1CCOCC1(C)C. The Balaban J connectivity index is 2.40. The van der Waals surface area contributed by atoms with Gasteiger partial charge in [0.2, 0.25) is 0 Å². The van der Waals surface area contributed by atoms with E-state index in [-0.39, 0.29) is 17.6 Å². The third kappa shape index (κ3) is 2.97. The number of hydrogen-bond acceptors (Lipinski definition) is 4. The maximum atomic E-state index is 6.31. The quantitative estimate of drug-likeness (QED) is 0.917. The standard InChI is InChI=1S/C16H26N2O2/c1-12(17)15(13-7-5-6-8-14(13)19-4)18-9-10-20-11-16(18,2)3/h5-8,12,15H,9-11,17H2,1-4H3. The largest absolute Gasteiger partial charge is 0.496 e. The van der Waals surface area contributed by atoms with Crippen molar-refractivity contribution in [1.29, 1.82) is 0 Å². The van der Waals surface area contributed by atoms with Gasteiger partial charge in [-0.2, -0.15) is 0 Å². The van der Waals surface area contributed by atoms with Gasteiger partial charge in [-0.25, -0.2) is 0 Å². The highest BCUT2D eigenvalue weighted by molar-refractivity contribution is 5.37. The fourth-order valence-corrected chi connectivity index (χ4v) is 3.03. The lowest BCUT2D eigenvalue weighted by atomic mass is 9.91. The summed E-state index contributed by atoms with van der Waals surface area (Å²) in [6, 6.07) is 8.29. The third-order valence-electron chi connectivity index (χ3n) is 4.00. The zero-order chi connectivity index (χ0) is 14.8. The normalized spacial score (nSPS) is 22.2. The van der Waals surface area contributed by atoms with Crippen molar-refractivity contribution in [2.24, 2.45) is 5.73 Å². The van der Waals surface area contributed by atoms with E-state index >= 15 is 0 Å². The monoisotopic (exact) mass is 278 g/mol.